The Morgan fingerprint density at radius 3 is 2.45 bits per heavy atom. The predicted octanol–water partition coefficient (Wildman–Crippen LogP) is 3.46. The number of carbonyl (C=O) groups excluding carboxylic acids is 3. The number of nitrogens with zero attached hydrogens (tertiary/aromatic N) is 1. The number of urea groups is 1. The molecule has 0 bridgehead atoms. The molecule has 152 valence electrons. The summed E-state index contributed by atoms with van der Waals surface area (Å²) in [5, 5.41) is 6.17. The smallest absolute Gasteiger partial charge is 0.325 e. The number of hydrogen-bond donors (Lipinski definition) is 2. The van der Waals surface area contributed by atoms with Gasteiger partial charge in [0.2, 0.25) is 5.91 Å². The van der Waals surface area contributed by atoms with Gasteiger partial charge in [-0.2, -0.15) is 0 Å². The van der Waals surface area contributed by atoms with Gasteiger partial charge in [-0.1, -0.05) is 54.1 Å². The Bertz CT molecular complexity index is 901. The van der Waals surface area contributed by atoms with Crippen LogP contribution in [0.1, 0.15) is 37.4 Å². The van der Waals surface area contributed by atoms with Crippen LogP contribution in [0.3, 0.4) is 0 Å². The zero-order valence-corrected chi connectivity index (χ0v) is 17.2. The average Bonchev–Trinajstić information content (AvgIpc) is 2.91. The molecule has 0 aliphatic carbocycles. The average molecular weight is 414 g/mol. The standard InChI is InChI=1S/C22H24ClN3O3/c1-15(17-8-10-18(23)11-9-17)24-19(27)14-26-20(28)22(2,25-21(26)29)13-12-16-6-4-3-5-7-16/h3-11,15H,12-14H2,1-2H3,(H,24,27)(H,25,29)/t15-,22+/m1/s1. The number of rotatable bonds is 7. The Balaban J connectivity index is 1.58. The van der Waals surface area contributed by atoms with Crippen molar-refractivity contribution in [1.29, 1.82) is 0 Å². The third kappa shape index (κ3) is 4.95. The summed E-state index contributed by atoms with van der Waals surface area (Å²) in [5.41, 5.74) is 0.950. The van der Waals surface area contributed by atoms with Crippen molar-refractivity contribution in [3.8, 4) is 0 Å². The minimum Gasteiger partial charge on any atom is -0.348 e. The van der Waals surface area contributed by atoms with Crippen LogP contribution in [-0.4, -0.2) is 34.8 Å². The lowest BCUT2D eigenvalue weighted by molar-refractivity contribution is -0.134. The monoisotopic (exact) mass is 413 g/mol. The molecule has 2 N–H and O–H groups in total. The van der Waals surface area contributed by atoms with Crippen molar-refractivity contribution in [3.05, 3.63) is 70.7 Å². The number of hydrogen-bond acceptors (Lipinski definition) is 3. The molecule has 1 fully saturated rings. The Morgan fingerprint density at radius 2 is 1.79 bits per heavy atom. The maximum absolute atomic E-state index is 12.8. The van der Waals surface area contributed by atoms with Crippen molar-refractivity contribution in [2.75, 3.05) is 6.54 Å². The number of nitrogens with one attached hydrogen (secondary N) is 2. The first-order valence-electron chi connectivity index (χ1n) is 9.51. The topological polar surface area (TPSA) is 78.5 Å². The second kappa shape index (κ2) is 8.66. The highest BCUT2D eigenvalue weighted by Crippen LogP contribution is 2.23. The van der Waals surface area contributed by atoms with Gasteiger partial charge in [-0.15, -0.1) is 0 Å². The fourth-order valence-corrected chi connectivity index (χ4v) is 3.49. The molecular formula is C22H24ClN3O3. The molecule has 0 aromatic heterocycles. The summed E-state index contributed by atoms with van der Waals surface area (Å²) >= 11 is 5.88. The van der Waals surface area contributed by atoms with Gasteiger partial charge in [-0.25, -0.2) is 4.79 Å². The summed E-state index contributed by atoms with van der Waals surface area (Å²) in [6, 6.07) is 16.1. The molecule has 0 spiro atoms. The molecule has 7 heteroatoms. The highest BCUT2D eigenvalue weighted by molar-refractivity contribution is 6.30. The molecule has 0 saturated carbocycles. The number of aryl methyl sites for hydroxylation is 1. The van der Waals surface area contributed by atoms with Gasteiger partial charge in [0, 0.05) is 5.02 Å². The van der Waals surface area contributed by atoms with Crippen molar-refractivity contribution in [1.82, 2.24) is 15.5 Å². The van der Waals surface area contributed by atoms with Crippen LogP contribution in [0.25, 0.3) is 0 Å². The molecule has 2 aromatic carbocycles. The largest absolute Gasteiger partial charge is 0.348 e. The van der Waals surface area contributed by atoms with Gasteiger partial charge in [-0.05, 0) is 49.9 Å². The number of carbonyl (C=O) groups is 3. The third-order valence-corrected chi connectivity index (χ3v) is 5.40. The van der Waals surface area contributed by atoms with E-state index in [9.17, 15) is 14.4 Å². The Hall–Kier alpha value is -2.86. The second-order valence-corrected chi connectivity index (χ2v) is 7.92. The fourth-order valence-electron chi connectivity index (χ4n) is 3.36. The number of halogens is 1. The van der Waals surface area contributed by atoms with E-state index in [4.69, 9.17) is 11.6 Å². The van der Waals surface area contributed by atoms with E-state index in [1.165, 1.54) is 0 Å². The summed E-state index contributed by atoms with van der Waals surface area (Å²) in [6.45, 7) is 3.21. The normalized spacial score (nSPS) is 19.8. The first kappa shape index (κ1) is 20.9. The lowest BCUT2D eigenvalue weighted by Gasteiger charge is -2.22. The third-order valence-electron chi connectivity index (χ3n) is 5.15. The van der Waals surface area contributed by atoms with Crippen LogP contribution in [-0.2, 0) is 16.0 Å². The number of imide groups is 1. The van der Waals surface area contributed by atoms with Crippen molar-refractivity contribution in [3.63, 3.8) is 0 Å². The Kier molecular flexibility index (Phi) is 6.23. The fraction of sp³-hybridized carbons (Fsp3) is 0.318. The van der Waals surface area contributed by atoms with Crippen LogP contribution in [0.15, 0.2) is 54.6 Å². The molecule has 1 aliphatic rings. The lowest BCUT2D eigenvalue weighted by Crippen LogP contribution is -2.45. The van der Waals surface area contributed by atoms with E-state index in [1.807, 2.05) is 49.4 Å². The molecule has 1 saturated heterocycles. The molecule has 2 aromatic rings. The van der Waals surface area contributed by atoms with Gasteiger partial charge >= 0.3 is 6.03 Å². The molecule has 0 unspecified atom stereocenters. The van der Waals surface area contributed by atoms with Gasteiger partial charge in [-0.3, -0.25) is 14.5 Å². The van der Waals surface area contributed by atoms with Gasteiger partial charge in [0.1, 0.15) is 12.1 Å². The van der Waals surface area contributed by atoms with Crippen molar-refractivity contribution in [2.24, 2.45) is 0 Å². The number of amides is 4. The summed E-state index contributed by atoms with van der Waals surface area (Å²) in [4.78, 5) is 38.6. The van der Waals surface area contributed by atoms with Crippen molar-refractivity contribution < 1.29 is 14.4 Å². The van der Waals surface area contributed by atoms with E-state index < -0.39 is 17.5 Å². The van der Waals surface area contributed by atoms with Crippen LogP contribution in [0.2, 0.25) is 5.02 Å². The highest BCUT2D eigenvalue weighted by Gasteiger charge is 2.47. The van der Waals surface area contributed by atoms with E-state index in [2.05, 4.69) is 10.6 Å². The van der Waals surface area contributed by atoms with Gasteiger partial charge < -0.3 is 10.6 Å². The SMILES string of the molecule is C[C@@H](NC(=O)CN1C(=O)N[C@@](C)(CCc2ccccc2)C1=O)c1ccc(Cl)cc1. The van der Waals surface area contributed by atoms with Gasteiger partial charge in [0.05, 0.1) is 6.04 Å². The molecule has 3 rings (SSSR count). The lowest BCUT2D eigenvalue weighted by atomic mass is 9.93. The molecule has 1 aliphatic heterocycles. The van der Waals surface area contributed by atoms with Crippen molar-refractivity contribution in [2.45, 2.75) is 38.3 Å². The quantitative estimate of drug-likeness (QED) is 0.682. The maximum Gasteiger partial charge on any atom is 0.325 e. The van der Waals surface area contributed by atoms with E-state index in [-0.39, 0.29) is 18.5 Å². The number of benzene rings is 2. The summed E-state index contributed by atoms with van der Waals surface area (Å²) < 4.78 is 0. The second-order valence-electron chi connectivity index (χ2n) is 7.48. The van der Waals surface area contributed by atoms with E-state index in [0.29, 0.717) is 17.9 Å². The Labute approximate surface area is 175 Å². The van der Waals surface area contributed by atoms with Crippen LogP contribution in [0.4, 0.5) is 4.79 Å². The molecule has 29 heavy (non-hydrogen) atoms. The molecule has 0 radical (unpaired) electrons. The Morgan fingerprint density at radius 1 is 1.14 bits per heavy atom. The maximum atomic E-state index is 12.8. The first-order valence-corrected chi connectivity index (χ1v) is 9.89. The predicted molar refractivity (Wildman–Crippen MR) is 111 cm³/mol. The molecular weight excluding hydrogens is 390 g/mol. The van der Waals surface area contributed by atoms with Gasteiger partial charge in [0.15, 0.2) is 0 Å². The summed E-state index contributed by atoms with van der Waals surface area (Å²) in [6.07, 6.45) is 1.11. The first-order chi connectivity index (χ1) is 13.8. The van der Waals surface area contributed by atoms with Crippen LogP contribution < -0.4 is 10.6 Å². The molecule has 4 amide bonds. The van der Waals surface area contributed by atoms with Gasteiger partial charge in [0.25, 0.3) is 5.91 Å². The zero-order chi connectivity index (χ0) is 21.0. The van der Waals surface area contributed by atoms with E-state index >= 15 is 0 Å². The van der Waals surface area contributed by atoms with Crippen LogP contribution in [0.5, 0.6) is 0 Å². The van der Waals surface area contributed by atoms with Crippen LogP contribution in [0, 0.1) is 0 Å². The van der Waals surface area contributed by atoms with E-state index in [0.717, 1.165) is 16.0 Å². The summed E-state index contributed by atoms with van der Waals surface area (Å²) in [7, 11) is 0. The van der Waals surface area contributed by atoms with Crippen LogP contribution >= 0.6 is 11.6 Å². The van der Waals surface area contributed by atoms with Crippen molar-refractivity contribution >= 4 is 29.4 Å². The summed E-state index contributed by atoms with van der Waals surface area (Å²) in [5.74, 6) is -0.781. The molecule has 6 nitrogen and oxygen atoms in total. The van der Waals surface area contributed by atoms with E-state index in [1.54, 1.807) is 19.1 Å². The molecule has 1 heterocycles. The minimum atomic E-state index is -1.02. The minimum absolute atomic E-state index is 0.273. The highest BCUT2D eigenvalue weighted by atomic mass is 35.5. The zero-order valence-electron chi connectivity index (χ0n) is 16.4. The molecule has 2 atom stereocenters.